The molecule has 1 spiro atoms. The van der Waals surface area contributed by atoms with Crippen LogP contribution in [0.15, 0.2) is 41.6 Å². The number of fused-ring (bicyclic) bond motifs is 1. The molecule has 0 saturated carbocycles. The molecule has 2 aromatic rings. The molecule has 170 valence electrons. The molecule has 4 rings (SSSR count). The van der Waals surface area contributed by atoms with Gasteiger partial charge in [-0.15, -0.1) is 6.42 Å². The number of amides is 1. The number of carbonyl (C=O) groups is 1. The third kappa shape index (κ3) is 4.42. The lowest BCUT2D eigenvalue weighted by Gasteiger charge is -2.40. The molecular formula is C24H25ClN6O2. The molecule has 0 unspecified atom stereocenters. The SMILES string of the molecule is C#C/C(Cl)=C\C=C/Cc1c(C)nc(N2CCC3(CC2)Oc2ncccc2[C@H]3N)nc1C(N)=O. The van der Waals surface area contributed by atoms with E-state index < -0.39 is 11.5 Å². The first-order valence-corrected chi connectivity index (χ1v) is 11.0. The number of primary amides is 1. The lowest BCUT2D eigenvalue weighted by molar-refractivity contribution is 0.0396. The van der Waals surface area contributed by atoms with E-state index in [0.29, 0.717) is 55.4 Å². The molecule has 8 nitrogen and oxygen atoms in total. The Morgan fingerprint density at radius 3 is 2.85 bits per heavy atom. The van der Waals surface area contributed by atoms with E-state index in [-0.39, 0.29) is 16.8 Å². The maximum Gasteiger partial charge on any atom is 0.267 e. The van der Waals surface area contributed by atoms with Gasteiger partial charge in [0, 0.05) is 48.9 Å². The molecule has 2 aliphatic rings. The minimum atomic E-state index is -0.599. The predicted molar refractivity (Wildman–Crippen MR) is 127 cm³/mol. The van der Waals surface area contributed by atoms with E-state index in [4.69, 9.17) is 34.2 Å². The van der Waals surface area contributed by atoms with Crippen molar-refractivity contribution in [2.24, 2.45) is 11.5 Å². The highest BCUT2D eigenvalue weighted by Gasteiger charge is 2.49. The van der Waals surface area contributed by atoms with Crippen molar-refractivity contribution in [3.05, 3.63) is 64.1 Å². The molecule has 2 aromatic heterocycles. The zero-order valence-corrected chi connectivity index (χ0v) is 19.0. The number of aromatic nitrogens is 3. The number of ether oxygens (including phenoxy) is 1. The first-order valence-electron chi connectivity index (χ1n) is 10.7. The van der Waals surface area contributed by atoms with Crippen LogP contribution in [0.2, 0.25) is 0 Å². The number of hydrogen-bond donors (Lipinski definition) is 2. The van der Waals surface area contributed by atoms with Crippen molar-refractivity contribution in [2.75, 3.05) is 18.0 Å². The van der Waals surface area contributed by atoms with Crippen LogP contribution in [0.5, 0.6) is 5.88 Å². The first-order chi connectivity index (χ1) is 15.8. The first kappa shape index (κ1) is 22.8. The summed E-state index contributed by atoms with van der Waals surface area (Å²) < 4.78 is 6.20. The van der Waals surface area contributed by atoms with Crippen LogP contribution >= 0.6 is 11.6 Å². The number of nitrogens with two attached hydrogens (primary N) is 2. The molecule has 0 radical (unpaired) electrons. The molecule has 1 atom stereocenters. The summed E-state index contributed by atoms with van der Waals surface area (Å²) in [6, 6.07) is 3.59. The number of terminal acetylenes is 1. The third-order valence-electron chi connectivity index (χ3n) is 6.17. The van der Waals surface area contributed by atoms with Crippen LogP contribution in [0.3, 0.4) is 0 Å². The third-order valence-corrected chi connectivity index (χ3v) is 6.40. The molecule has 0 aromatic carbocycles. The van der Waals surface area contributed by atoms with Crippen LogP contribution in [0, 0.1) is 19.3 Å². The average molecular weight is 465 g/mol. The minimum Gasteiger partial charge on any atom is -0.469 e. The topological polar surface area (TPSA) is 120 Å². The van der Waals surface area contributed by atoms with Crippen LogP contribution in [0.4, 0.5) is 5.95 Å². The number of aryl methyl sites for hydroxylation is 1. The summed E-state index contributed by atoms with van der Waals surface area (Å²) in [5.74, 6) is 2.81. The summed E-state index contributed by atoms with van der Waals surface area (Å²) in [4.78, 5) is 27.7. The molecular weight excluding hydrogens is 440 g/mol. The van der Waals surface area contributed by atoms with E-state index in [0.717, 1.165) is 5.56 Å². The van der Waals surface area contributed by atoms with Crippen molar-refractivity contribution in [1.29, 1.82) is 0 Å². The Balaban J connectivity index is 1.51. The monoisotopic (exact) mass is 464 g/mol. The molecule has 33 heavy (non-hydrogen) atoms. The quantitative estimate of drug-likeness (QED) is 0.515. The standard InChI is InChI=1S/C24H25ClN6O2/c1-3-16(25)7-4-5-8-17-15(2)29-23(30-19(17)21(27)32)31-13-10-24(11-14-31)20(26)18-9-6-12-28-22(18)33-24/h1,4-7,9,12,20H,8,10-11,13-14,26H2,2H3,(H2,27,32)/b5-4-,16-7+/t20-/m1/s1. The van der Waals surface area contributed by atoms with Gasteiger partial charge >= 0.3 is 0 Å². The predicted octanol–water partition coefficient (Wildman–Crippen LogP) is 2.56. The number of hydrogen-bond acceptors (Lipinski definition) is 7. The molecule has 0 aliphatic carbocycles. The molecule has 4 N–H and O–H groups in total. The largest absolute Gasteiger partial charge is 0.469 e. The summed E-state index contributed by atoms with van der Waals surface area (Å²) in [7, 11) is 0. The Bertz CT molecular complexity index is 1180. The van der Waals surface area contributed by atoms with E-state index in [9.17, 15) is 4.79 Å². The molecule has 2 aliphatic heterocycles. The average Bonchev–Trinajstić information content (AvgIpc) is 3.08. The molecule has 1 amide bonds. The Labute approximate surface area is 197 Å². The van der Waals surface area contributed by atoms with Gasteiger partial charge in [0.25, 0.3) is 5.91 Å². The zero-order valence-electron chi connectivity index (χ0n) is 18.3. The van der Waals surface area contributed by atoms with Crippen molar-refractivity contribution in [2.45, 2.75) is 37.8 Å². The van der Waals surface area contributed by atoms with Crippen molar-refractivity contribution in [3.8, 4) is 18.2 Å². The molecule has 9 heteroatoms. The molecule has 1 saturated heterocycles. The Morgan fingerprint density at radius 2 is 2.18 bits per heavy atom. The lowest BCUT2D eigenvalue weighted by atomic mass is 9.83. The lowest BCUT2D eigenvalue weighted by Crippen LogP contribution is -2.52. The highest BCUT2D eigenvalue weighted by atomic mass is 35.5. The molecule has 1 fully saturated rings. The number of pyridine rings is 1. The van der Waals surface area contributed by atoms with Gasteiger partial charge < -0.3 is 21.1 Å². The van der Waals surface area contributed by atoms with E-state index in [2.05, 4.69) is 20.9 Å². The van der Waals surface area contributed by atoms with Crippen molar-refractivity contribution in [3.63, 3.8) is 0 Å². The highest BCUT2D eigenvalue weighted by Crippen LogP contribution is 2.46. The van der Waals surface area contributed by atoms with E-state index in [1.807, 2.05) is 30.0 Å². The van der Waals surface area contributed by atoms with Gasteiger partial charge in [0.05, 0.1) is 11.1 Å². The number of rotatable bonds is 5. The summed E-state index contributed by atoms with van der Waals surface area (Å²) in [6.45, 7) is 3.11. The normalized spacial score (nSPS) is 19.4. The van der Waals surface area contributed by atoms with Gasteiger partial charge in [-0.3, -0.25) is 4.79 Å². The van der Waals surface area contributed by atoms with Crippen LogP contribution < -0.4 is 21.1 Å². The summed E-state index contributed by atoms with van der Waals surface area (Å²) >= 11 is 5.80. The molecule has 0 bridgehead atoms. The Kier molecular flexibility index (Phi) is 6.36. The smallest absolute Gasteiger partial charge is 0.267 e. The van der Waals surface area contributed by atoms with Gasteiger partial charge in [0.15, 0.2) is 0 Å². The summed E-state index contributed by atoms with van der Waals surface area (Å²) in [5, 5.41) is 0.289. The van der Waals surface area contributed by atoms with Crippen molar-refractivity contribution >= 4 is 23.5 Å². The number of piperidine rings is 1. The number of anilines is 1. The van der Waals surface area contributed by atoms with E-state index in [1.165, 1.54) is 0 Å². The van der Waals surface area contributed by atoms with Gasteiger partial charge in [0.1, 0.15) is 11.3 Å². The highest BCUT2D eigenvalue weighted by molar-refractivity contribution is 6.32. The van der Waals surface area contributed by atoms with Gasteiger partial charge in [-0.25, -0.2) is 15.0 Å². The van der Waals surface area contributed by atoms with Crippen molar-refractivity contribution < 1.29 is 9.53 Å². The van der Waals surface area contributed by atoms with Crippen LogP contribution in [-0.4, -0.2) is 39.5 Å². The van der Waals surface area contributed by atoms with Crippen LogP contribution in [0.1, 0.15) is 46.2 Å². The van der Waals surface area contributed by atoms with Gasteiger partial charge in [-0.05, 0) is 25.5 Å². The van der Waals surface area contributed by atoms with Crippen molar-refractivity contribution in [1.82, 2.24) is 15.0 Å². The fourth-order valence-corrected chi connectivity index (χ4v) is 4.39. The van der Waals surface area contributed by atoms with E-state index in [1.54, 1.807) is 18.3 Å². The summed E-state index contributed by atoms with van der Waals surface area (Å²) in [6.07, 6.45) is 13.9. The fraction of sp³-hybridized carbons (Fsp3) is 0.333. The summed E-state index contributed by atoms with van der Waals surface area (Å²) in [5.41, 5.74) is 14.2. The minimum absolute atomic E-state index is 0.208. The second-order valence-corrected chi connectivity index (χ2v) is 8.53. The second kappa shape index (κ2) is 9.22. The zero-order chi connectivity index (χ0) is 23.6. The maximum absolute atomic E-state index is 12.2. The number of allylic oxidation sites excluding steroid dienone is 4. The fourth-order valence-electron chi connectivity index (χ4n) is 4.32. The van der Waals surface area contributed by atoms with Gasteiger partial charge in [0.2, 0.25) is 11.8 Å². The Morgan fingerprint density at radius 1 is 1.42 bits per heavy atom. The number of carbonyl (C=O) groups excluding carboxylic acids is 1. The van der Waals surface area contributed by atoms with Crippen LogP contribution in [0.25, 0.3) is 0 Å². The second-order valence-electron chi connectivity index (χ2n) is 8.12. The number of nitrogens with zero attached hydrogens (tertiary/aromatic N) is 4. The van der Waals surface area contributed by atoms with Gasteiger partial charge in [-0.2, -0.15) is 0 Å². The van der Waals surface area contributed by atoms with Gasteiger partial charge in [-0.1, -0.05) is 35.7 Å². The molecule has 4 heterocycles. The number of halogens is 1. The maximum atomic E-state index is 12.2. The van der Waals surface area contributed by atoms with E-state index >= 15 is 0 Å². The van der Waals surface area contributed by atoms with Crippen LogP contribution in [-0.2, 0) is 6.42 Å². The Hall–Kier alpha value is -3.41.